The van der Waals surface area contributed by atoms with E-state index in [-0.39, 0.29) is 37.8 Å². The average molecular weight is 379 g/mol. The lowest BCUT2D eigenvalue weighted by Gasteiger charge is -2.44. The van der Waals surface area contributed by atoms with Gasteiger partial charge in [-0.25, -0.2) is 4.79 Å². The van der Waals surface area contributed by atoms with E-state index in [4.69, 9.17) is 14.2 Å². The molecule has 26 heavy (non-hydrogen) atoms. The van der Waals surface area contributed by atoms with Crippen molar-refractivity contribution in [2.45, 2.75) is 11.7 Å². The van der Waals surface area contributed by atoms with Crippen LogP contribution in [0.4, 0.5) is 13.2 Å². The Bertz CT molecular complexity index is 635. The highest BCUT2D eigenvalue weighted by atomic mass is 19.4. The number of hydrogen-bond acceptors (Lipinski definition) is 7. The highest BCUT2D eigenvalue weighted by Crippen LogP contribution is 2.49. The summed E-state index contributed by atoms with van der Waals surface area (Å²) in [7, 11) is 3.25. The van der Waals surface area contributed by atoms with Crippen LogP contribution in [-0.2, 0) is 19.8 Å². The van der Waals surface area contributed by atoms with Crippen molar-refractivity contribution in [1.29, 1.82) is 0 Å². The number of carbonyl (C=O) groups is 1. The van der Waals surface area contributed by atoms with Crippen molar-refractivity contribution in [3.8, 4) is 17.2 Å². The molecular weight excluding hydrogens is 359 g/mol. The summed E-state index contributed by atoms with van der Waals surface area (Å²) >= 11 is 0. The van der Waals surface area contributed by atoms with E-state index in [0.717, 1.165) is 24.1 Å². The van der Waals surface area contributed by atoms with E-state index >= 15 is 0 Å². The third-order valence-corrected chi connectivity index (χ3v) is 4.27. The Morgan fingerprint density at radius 3 is 2.00 bits per heavy atom. The molecule has 1 aliphatic rings. The molecule has 0 saturated carbocycles. The molecule has 1 aromatic carbocycles. The summed E-state index contributed by atoms with van der Waals surface area (Å²) in [5.41, 5.74) is -3.58. The number of phenolic OH excluding ortho intramolecular Hbond substituents is 1. The van der Waals surface area contributed by atoms with Gasteiger partial charge in [-0.05, 0) is 12.1 Å². The van der Waals surface area contributed by atoms with E-state index in [2.05, 4.69) is 4.74 Å². The van der Waals surface area contributed by atoms with Crippen molar-refractivity contribution in [3.63, 3.8) is 0 Å². The lowest BCUT2D eigenvalue weighted by molar-refractivity contribution is -0.250. The Morgan fingerprint density at radius 2 is 1.62 bits per heavy atom. The van der Waals surface area contributed by atoms with Crippen LogP contribution >= 0.6 is 0 Å². The van der Waals surface area contributed by atoms with Crippen LogP contribution in [0.25, 0.3) is 0 Å². The number of morpholine rings is 1. The molecule has 1 atom stereocenters. The van der Waals surface area contributed by atoms with Crippen LogP contribution in [0.3, 0.4) is 0 Å². The first kappa shape index (κ1) is 20.1. The first-order chi connectivity index (χ1) is 12.2. The van der Waals surface area contributed by atoms with Crippen LogP contribution in [0, 0.1) is 0 Å². The van der Waals surface area contributed by atoms with Gasteiger partial charge in [-0.2, -0.15) is 13.2 Å². The highest BCUT2D eigenvalue weighted by Gasteiger charge is 2.66. The summed E-state index contributed by atoms with van der Waals surface area (Å²) in [4.78, 5) is 13.4. The number of rotatable bonds is 5. The number of ether oxygens (including phenoxy) is 4. The summed E-state index contributed by atoms with van der Waals surface area (Å²) in [6, 6.07) is 1.91. The molecule has 7 nitrogen and oxygen atoms in total. The van der Waals surface area contributed by atoms with Gasteiger partial charge in [-0.1, -0.05) is 0 Å². The molecule has 1 heterocycles. The third kappa shape index (κ3) is 3.14. The topological polar surface area (TPSA) is 77.5 Å². The second kappa shape index (κ2) is 7.58. The fraction of sp³-hybridized carbons (Fsp3) is 0.562. The molecule has 0 radical (unpaired) electrons. The average Bonchev–Trinajstić information content (AvgIpc) is 2.62. The molecule has 10 heteroatoms. The summed E-state index contributed by atoms with van der Waals surface area (Å²) < 4.78 is 62.5. The molecule has 2 rings (SSSR count). The van der Waals surface area contributed by atoms with E-state index in [1.807, 2.05) is 0 Å². The number of alkyl halides is 3. The summed E-state index contributed by atoms with van der Waals surface area (Å²) in [6.07, 6.45) is -5.02. The van der Waals surface area contributed by atoms with Gasteiger partial charge in [0.2, 0.25) is 11.3 Å². The van der Waals surface area contributed by atoms with Gasteiger partial charge in [0.25, 0.3) is 0 Å². The minimum absolute atomic E-state index is 0.0289. The fourth-order valence-electron chi connectivity index (χ4n) is 3.04. The number of nitrogens with zero attached hydrogens (tertiary/aromatic N) is 1. The Balaban J connectivity index is 2.80. The van der Waals surface area contributed by atoms with E-state index in [9.17, 15) is 23.1 Å². The maximum Gasteiger partial charge on any atom is 0.421 e. The lowest BCUT2D eigenvalue weighted by Crippen LogP contribution is -2.64. The van der Waals surface area contributed by atoms with Crippen LogP contribution in [0.2, 0.25) is 0 Å². The molecule has 1 unspecified atom stereocenters. The second-order valence-corrected chi connectivity index (χ2v) is 5.53. The number of phenols is 1. The largest absolute Gasteiger partial charge is 0.502 e. The van der Waals surface area contributed by atoms with Gasteiger partial charge in [0.05, 0.1) is 34.5 Å². The lowest BCUT2D eigenvalue weighted by atomic mass is 9.85. The minimum atomic E-state index is -5.02. The third-order valence-electron chi connectivity index (χ3n) is 4.27. The maximum absolute atomic E-state index is 14.3. The van der Waals surface area contributed by atoms with Crippen molar-refractivity contribution in [3.05, 3.63) is 17.7 Å². The van der Waals surface area contributed by atoms with Gasteiger partial charge >= 0.3 is 12.1 Å². The Hall–Kier alpha value is -2.20. The molecule has 146 valence electrons. The van der Waals surface area contributed by atoms with Crippen LogP contribution in [0.15, 0.2) is 12.1 Å². The number of methoxy groups -OCH3 is 3. The standard InChI is InChI=1S/C16H20F3NO6/c1-23-11-8-10(9-12(24-2)13(11)21)15(14(22)25-3,16(17,18)19)20-4-6-26-7-5-20/h8-9,21H,4-7H2,1-3H3. The number of aromatic hydroxyl groups is 1. The molecule has 1 saturated heterocycles. The Morgan fingerprint density at radius 1 is 1.12 bits per heavy atom. The molecule has 0 bridgehead atoms. The Labute approximate surface area is 148 Å². The number of esters is 1. The zero-order valence-electron chi connectivity index (χ0n) is 14.6. The molecule has 0 spiro atoms. The molecule has 1 N–H and O–H groups in total. The quantitative estimate of drug-likeness (QED) is 0.780. The number of benzene rings is 1. The minimum Gasteiger partial charge on any atom is -0.502 e. The SMILES string of the molecule is COC(=O)C(c1cc(OC)c(O)c(OC)c1)(N1CCOCC1)C(F)(F)F. The smallest absolute Gasteiger partial charge is 0.421 e. The molecule has 0 aromatic heterocycles. The molecule has 0 amide bonds. The fourth-order valence-corrected chi connectivity index (χ4v) is 3.04. The van der Waals surface area contributed by atoms with Crippen LogP contribution in [0.1, 0.15) is 5.56 Å². The monoisotopic (exact) mass is 379 g/mol. The van der Waals surface area contributed by atoms with E-state index < -0.39 is 29.0 Å². The van der Waals surface area contributed by atoms with Crippen molar-refractivity contribution < 1.29 is 42.0 Å². The van der Waals surface area contributed by atoms with E-state index in [0.29, 0.717) is 0 Å². The summed E-state index contributed by atoms with van der Waals surface area (Å²) in [5, 5.41) is 10.0. The number of halogens is 3. The highest BCUT2D eigenvalue weighted by molar-refractivity contribution is 5.84. The van der Waals surface area contributed by atoms with Gasteiger partial charge < -0.3 is 24.1 Å². The molecular formula is C16H20F3NO6. The van der Waals surface area contributed by atoms with Crippen LogP contribution < -0.4 is 9.47 Å². The van der Waals surface area contributed by atoms with Gasteiger partial charge in [-0.15, -0.1) is 0 Å². The summed E-state index contributed by atoms with van der Waals surface area (Å²) in [6.45, 7) is -0.220. The first-order valence-electron chi connectivity index (χ1n) is 7.67. The van der Waals surface area contributed by atoms with Gasteiger partial charge in [-0.3, -0.25) is 4.90 Å². The van der Waals surface area contributed by atoms with Crippen LogP contribution in [-0.4, -0.2) is 69.8 Å². The van der Waals surface area contributed by atoms with Crippen molar-refractivity contribution in [2.75, 3.05) is 47.6 Å². The first-order valence-corrected chi connectivity index (χ1v) is 7.67. The maximum atomic E-state index is 14.3. The second-order valence-electron chi connectivity index (χ2n) is 5.53. The van der Waals surface area contributed by atoms with Gasteiger partial charge in [0, 0.05) is 18.7 Å². The predicted octanol–water partition coefficient (Wildman–Crippen LogP) is 1.67. The predicted molar refractivity (Wildman–Crippen MR) is 83.4 cm³/mol. The zero-order valence-corrected chi connectivity index (χ0v) is 14.6. The molecule has 1 aromatic rings. The van der Waals surface area contributed by atoms with Crippen LogP contribution in [0.5, 0.6) is 17.2 Å². The number of hydrogen-bond donors (Lipinski definition) is 1. The molecule has 1 aliphatic heterocycles. The zero-order chi connectivity index (χ0) is 19.5. The summed E-state index contributed by atoms with van der Waals surface area (Å²) in [5.74, 6) is -2.49. The number of carbonyl (C=O) groups excluding carboxylic acids is 1. The van der Waals surface area contributed by atoms with E-state index in [1.165, 1.54) is 14.2 Å². The normalized spacial score (nSPS) is 18.1. The van der Waals surface area contributed by atoms with E-state index in [1.54, 1.807) is 0 Å². The molecule has 1 fully saturated rings. The Kier molecular flexibility index (Phi) is 5.87. The van der Waals surface area contributed by atoms with Crippen molar-refractivity contribution >= 4 is 5.97 Å². The van der Waals surface area contributed by atoms with Crippen molar-refractivity contribution in [1.82, 2.24) is 4.90 Å². The van der Waals surface area contributed by atoms with Gasteiger partial charge in [0.1, 0.15) is 0 Å². The molecule has 0 aliphatic carbocycles. The van der Waals surface area contributed by atoms with Gasteiger partial charge in [0.15, 0.2) is 11.5 Å². The van der Waals surface area contributed by atoms with Crippen molar-refractivity contribution in [2.24, 2.45) is 0 Å².